The first kappa shape index (κ1) is 16.0. The van der Waals surface area contributed by atoms with Gasteiger partial charge in [0.1, 0.15) is 5.82 Å². The summed E-state index contributed by atoms with van der Waals surface area (Å²) >= 11 is 0. The second-order valence-corrected chi connectivity index (χ2v) is 7.39. The van der Waals surface area contributed by atoms with E-state index in [4.69, 9.17) is 0 Å². The maximum absolute atomic E-state index is 12.6. The smallest absolute Gasteiger partial charge is 0.230 e. The SMILES string of the molecule is Cn1nc2c(c1NC(=O)C1CC(=O)N(C(C)(C)C)C1)CNCC2. The Morgan fingerprint density at radius 3 is 2.78 bits per heavy atom. The number of aryl methyl sites for hydroxylation is 1. The van der Waals surface area contributed by atoms with Crippen molar-refractivity contribution in [1.82, 2.24) is 20.0 Å². The van der Waals surface area contributed by atoms with E-state index >= 15 is 0 Å². The van der Waals surface area contributed by atoms with Crippen LogP contribution in [0.4, 0.5) is 5.82 Å². The highest BCUT2D eigenvalue weighted by Gasteiger charge is 2.39. The van der Waals surface area contributed by atoms with Gasteiger partial charge in [0.2, 0.25) is 11.8 Å². The van der Waals surface area contributed by atoms with E-state index in [2.05, 4.69) is 15.7 Å². The van der Waals surface area contributed by atoms with Crippen LogP contribution >= 0.6 is 0 Å². The van der Waals surface area contributed by atoms with Crippen LogP contribution in [0, 0.1) is 5.92 Å². The summed E-state index contributed by atoms with van der Waals surface area (Å²) < 4.78 is 1.73. The zero-order valence-corrected chi connectivity index (χ0v) is 14.3. The molecule has 1 aromatic heterocycles. The maximum Gasteiger partial charge on any atom is 0.230 e. The average molecular weight is 319 g/mol. The van der Waals surface area contributed by atoms with Gasteiger partial charge in [0, 0.05) is 50.6 Å². The first-order valence-corrected chi connectivity index (χ1v) is 8.14. The second kappa shape index (κ2) is 5.63. The molecule has 3 rings (SSSR count). The molecule has 2 amide bonds. The quantitative estimate of drug-likeness (QED) is 0.839. The van der Waals surface area contributed by atoms with Gasteiger partial charge in [-0.2, -0.15) is 5.10 Å². The minimum absolute atomic E-state index is 0.0475. The lowest BCUT2D eigenvalue weighted by atomic mass is 10.1. The summed E-state index contributed by atoms with van der Waals surface area (Å²) in [4.78, 5) is 26.6. The Morgan fingerprint density at radius 1 is 1.39 bits per heavy atom. The van der Waals surface area contributed by atoms with E-state index in [9.17, 15) is 9.59 Å². The number of fused-ring (bicyclic) bond motifs is 1. The summed E-state index contributed by atoms with van der Waals surface area (Å²) in [5, 5.41) is 10.8. The van der Waals surface area contributed by atoms with Gasteiger partial charge in [0.25, 0.3) is 0 Å². The second-order valence-electron chi connectivity index (χ2n) is 7.39. The Morgan fingerprint density at radius 2 is 2.13 bits per heavy atom. The zero-order valence-electron chi connectivity index (χ0n) is 14.3. The first-order chi connectivity index (χ1) is 10.8. The van der Waals surface area contributed by atoms with Crippen LogP contribution in [0.3, 0.4) is 0 Å². The number of carbonyl (C=O) groups excluding carboxylic acids is 2. The molecule has 1 saturated heterocycles. The number of hydrogen-bond acceptors (Lipinski definition) is 4. The molecule has 2 aliphatic heterocycles. The fourth-order valence-corrected chi connectivity index (χ4v) is 3.34. The minimum atomic E-state index is -0.302. The first-order valence-electron chi connectivity index (χ1n) is 8.14. The summed E-state index contributed by atoms with van der Waals surface area (Å²) in [6.45, 7) is 8.09. The molecule has 0 bridgehead atoms. The largest absolute Gasteiger partial charge is 0.337 e. The third-order valence-electron chi connectivity index (χ3n) is 4.62. The maximum atomic E-state index is 12.6. The van der Waals surface area contributed by atoms with Crippen molar-refractivity contribution in [2.24, 2.45) is 13.0 Å². The molecule has 7 nitrogen and oxygen atoms in total. The monoisotopic (exact) mass is 319 g/mol. The van der Waals surface area contributed by atoms with E-state index in [0.29, 0.717) is 6.54 Å². The molecule has 0 aliphatic carbocycles. The lowest BCUT2D eigenvalue weighted by Gasteiger charge is -2.31. The van der Waals surface area contributed by atoms with Crippen LogP contribution in [0.2, 0.25) is 0 Å². The predicted octanol–water partition coefficient (Wildman–Crippen LogP) is 0.651. The highest BCUT2D eigenvalue weighted by molar-refractivity contribution is 5.97. The van der Waals surface area contributed by atoms with Crippen molar-refractivity contribution in [3.63, 3.8) is 0 Å². The number of aromatic nitrogens is 2. The third kappa shape index (κ3) is 2.97. The normalized spacial score (nSPS) is 21.5. The van der Waals surface area contributed by atoms with E-state index in [1.165, 1.54) is 0 Å². The molecule has 126 valence electrons. The minimum Gasteiger partial charge on any atom is -0.337 e. The Balaban J connectivity index is 1.74. The summed E-state index contributed by atoms with van der Waals surface area (Å²) in [6, 6.07) is 0. The molecular weight excluding hydrogens is 294 g/mol. The van der Waals surface area contributed by atoms with Crippen molar-refractivity contribution < 1.29 is 9.59 Å². The van der Waals surface area contributed by atoms with E-state index < -0.39 is 0 Å². The van der Waals surface area contributed by atoms with Crippen LogP contribution in [0.15, 0.2) is 0 Å². The van der Waals surface area contributed by atoms with Gasteiger partial charge < -0.3 is 15.5 Å². The molecule has 23 heavy (non-hydrogen) atoms. The van der Waals surface area contributed by atoms with Crippen LogP contribution in [-0.4, -0.2) is 45.1 Å². The number of likely N-dealkylation sites (tertiary alicyclic amines) is 1. The van der Waals surface area contributed by atoms with Gasteiger partial charge in [-0.15, -0.1) is 0 Å². The molecule has 0 aromatic carbocycles. The van der Waals surface area contributed by atoms with Gasteiger partial charge >= 0.3 is 0 Å². The average Bonchev–Trinajstić information content (AvgIpc) is 3.00. The van der Waals surface area contributed by atoms with Crippen LogP contribution in [0.25, 0.3) is 0 Å². The number of nitrogens with one attached hydrogen (secondary N) is 2. The van der Waals surface area contributed by atoms with Gasteiger partial charge in [-0.25, -0.2) is 0 Å². The molecule has 1 fully saturated rings. The van der Waals surface area contributed by atoms with Crippen molar-refractivity contribution in [1.29, 1.82) is 0 Å². The van der Waals surface area contributed by atoms with Crippen LogP contribution in [-0.2, 0) is 29.6 Å². The molecule has 2 N–H and O–H groups in total. The fraction of sp³-hybridized carbons (Fsp3) is 0.688. The van der Waals surface area contributed by atoms with Crippen LogP contribution in [0.5, 0.6) is 0 Å². The number of anilines is 1. The summed E-state index contributed by atoms with van der Waals surface area (Å²) in [7, 11) is 1.84. The number of rotatable bonds is 2. The lowest BCUT2D eigenvalue weighted by molar-refractivity contribution is -0.131. The van der Waals surface area contributed by atoms with Crippen molar-refractivity contribution in [2.45, 2.75) is 45.7 Å². The van der Waals surface area contributed by atoms with Gasteiger partial charge in [0.15, 0.2) is 0 Å². The molecule has 1 unspecified atom stereocenters. The van der Waals surface area contributed by atoms with Crippen molar-refractivity contribution >= 4 is 17.6 Å². The Bertz CT molecular complexity index is 644. The lowest BCUT2D eigenvalue weighted by Crippen LogP contribution is -2.42. The molecule has 1 atom stereocenters. The molecular formula is C16H25N5O2. The van der Waals surface area contributed by atoms with Crippen LogP contribution < -0.4 is 10.6 Å². The number of amides is 2. The third-order valence-corrected chi connectivity index (χ3v) is 4.62. The van der Waals surface area contributed by atoms with Crippen molar-refractivity contribution in [3.8, 4) is 0 Å². The Kier molecular flexibility index (Phi) is 3.91. The van der Waals surface area contributed by atoms with Crippen LogP contribution in [0.1, 0.15) is 38.4 Å². The van der Waals surface area contributed by atoms with Gasteiger partial charge in [0.05, 0.1) is 11.6 Å². The standard InChI is InChI=1S/C16H25N5O2/c1-16(2,3)21-9-10(7-13(21)22)15(23)18-14-11-8-17-6-5-12(11)19-20(14)4/h10,17H,5-9H2,1-4H3,(H,18,23). The van der Waals surface area contributed by atoms with Gasteiger partial charge in [-0.3, -0.25) is 14.3 Å². The summed E-state index contributed by atoms with van der Waals surface area (Å²) in [5.74, 6) is 0.399. The highest BCUT2D eigenvalue weighted by Crippen LogP contribution is 2.28. The van der Waals surface area contributed by atoms with E-state index in [0.717, 1.165) is 36.6 Å². The topological polar surface area (TPSA) is 79.3 Å². The molecule has 0 spiro atoms. The molecule has 7 heteroatoms. The Labute approximate surface area is 136 Å². The van der Waals surface area contributed by atoms with E-state index in [-0.39, 0.29) is 29.7 Å². The van der Waals surface area contributed by atoms with Gasteiger partial charge in [-0.1, -0.05) is 0 Å². The molecule has 3 heterocycles. The number of nitrogens with zero attached hydrogens (tertiary/aromatic N) is 3. The number of hydrogen-bond donors (Lipinski definition) is 2. The van der Waals surface area contributed by atoms with Crippen molar-refractivity contribution in [3.05, 3.63) is 11.3 Å². The molecule has 0 saturated carbocycles. The summed E-state index contributed by atoms with van der Waals surface area (Å²) in [6.07, 6.45) is 1.15. The molecule has 1 aromatic rings. The molecule has 2 aliphatic rings. The highest BCUT2D eigenvalue weighted by atomic mass is 16.2. The summed E-state index contributed by atoms with van der Waals surface area (Å²) in [5.41, 5.74) is 1.85. The van der Waals surface area contributed by atoms with Gasteiger partial charge in [-0.05, 0) is 20.8 Å². The predicted molar refractivity (Wildman–Crippen MR) is 86.8 cm³/mol. The van der Waals surface area contributed by atoms with E-state index in [1.54, 1.807) is 9.58 Å². The Hall–Kier alpha value is -1.89. The molecule has 0 radical (unpaired) electrons. The van der Waals surface area contributed by atoms with E-state index in [1.807, 2.05) is 27.8 Å². The fourth-order valence-electron chi connectivity index (χ4n) is 3.34. The van der Waals surface area contributed by atoms with Crippen molar-refractivity contribution in [2.75, 3.05) is 18.4 Å². The zero-order chi connectivity index (χ0) is 16.8. The number of carbonyl (C=O) groups is 2.